The molecule has 0 spiro atoms. The van der Waals surface area contributed by atoms with Crippen LogP contribution < -0.4 is 0 Å². The quantitative estimate of drug-likeness (QED) is 0.867. The monoisotopic (exact) mass is 325 g/mol. The van der Waals surface area contributed by atoms with Crippen LogP contribution in [0, 0.1) is 0 Å². The van der Waals surface area contributed by atoms with Crippen LogP contribution in [0.2, 0.25) is 0 Å². The first kappa shape index (κ1) is 15.9. The van der Waals surface area contributed by atoms with Gasteiger partial charge in [0.1, 0.15) is 6.54 Å². The summed E-state index contributed by atoms with van der Waals surface area (Å²) in [6, 6.07) is 9.73. The lowest BCUT2D eigenvalue weighted by molar-refractivity contribution is -0.151. The highest BCUT2D eigenvalue weighted by molar-refractivity contribution is 5.83. The number of aromatic nitrogens is 1. The van der Waals surface area contributed by atoms with E-state index in [2.05, 4.69) is 0 Å². The summed E-state index contributed by atoms with van der Waals surface area (Å²) < 4.78 is 39.0. The lowest BCUT2D eigenvalue weighted by Gasteiger charge is -2.35. The van der Waals surface area contributed by atoms with Crippen molar-refractivity contribution in [2.75, 3.05) is 32.7 Å². The second kappa shape index (κ2) is 6.23. The molecule has 4 nitrogen and oxygen atoms in total. The van der Waals surface area contributed by atoms with Gasteiger partial charge in [-0.05, 0) is 17.5 Å². The van der Waals surface area contributed by atoms with Crippen LogP contribution >= 0.6 is 0 Å². The van der Waals surface area contributed by atoms with E-state index in [4.69, 9.17) is 0 Å². The molecule has 1 amide bonds. The molecule has 1 aliphatic heterocycles. The minimum atomic E-state index is -4.18. The van der Waals surface area contributed by atoms with Crippen molar-refractivity contribution >= 4 is 16.8 Å². The largest absolute Gasteiger partial charge is 0.401 e. The maximum atomic E-state index is 12.4. The molecule has 7 heteroatoms. The van der Waals surface area contributed by atoms with Crippen LogP contribution in [0.3, 0.4) is 0 Å². The molecule has 0 bridgehead atoms. The smallest absolute Gasteiger partial charge is 0.339 e. The van der Waals surface area contributed by atoms with E-state index in [1.807, 2.05) is 41.1 Å². The first-order valence-corrected chi connectivity index (χ1v) is 7.53. The van der Waals surface area contributed by atoms with Crippen molar-refractivity contribution in [3.63, 3.8) is 0 Å². The molecule has 0 aliphatic carbocycles. The van der Waals surface area contributed by atoms with E-state index in [0.29, 0.717) is 13.1 Å². The molecule has 1 saturated heterocycles. The van der Waals surface area contributed by atoms with Gasteiger partial charge in [0.15, 0.2) is 0 Å². The number of para-hydroxylation sites is 1. The molecule has 23 heavy (non-hydrogen) atoms. The highest BCUT2D eigenvalue weighted by Gasteiger charge is 2.32. The molecule has 2 aromatic rings. The minimum Gasteiger partial charge on any atom is -0.339 e. The molecule has 1 aliphatic rings. The summed E-state index contributed by atoms with van der Waals surface area (Å²) in [6.45, 7) is 0.516. The number of halogens is 3. The number of piperazine rings is 1. The third-order valence-corrected chi connectivity index (χ3v) is 4.11. The highest BCUT2D eigenvalue weighted by Crippen LogP contribution is 2.18. The van der Waals surface area contributed by atoms with Crippen molar-refractivity contribution < 1.29 is 18.0 Å². The Morgan fingerprint density at radius 2 is 1.74 bits per heavy atom. The molecule has 0 radical (unpaired) electrons. The average Bonchev–Trinajstić information content (AvgIpc) is 2.90. The molecule has 3 rings (SSSR count). The Bertz CT molecular complexity index is 687. The first-order valence-electron chi connectivity index (χ1n) is 7.53. The average molecular weight is 325 g/mol. The molecule has 2 heterocycles. The second-order valence-electron chi connectivity index (χ2n) is 5.77. The lowest BCUT2D eigenvalue weighted by Crippen LogP contribution is -2.51. The van der Waals surface area contributed by atoms with Crippen LogP contribution in [0.25, 0.3) is 10.9 Å². The van der Waals surface area contributed by atoms with E-state index >= 15 is 0 Å². The van der Waals surface area contributed by atoms with Gasteiger partial charge in [-0.3, -0.25) is 9.69 Å². The van der Waals surface area contributed by atoms with Gasteiger partial charge < -0.3 is 9.47 Å². The molecule has 124 valence electrons. The predicted octanol–water partition coefficient (Wildman–Crippen LogP) is 2.35. The molecule has 1 fully saturated rings. The Kier molecular flexibility index (Phi) is 4.30. The van der Waals surface area contributed by atoms with Crippen LogP contribution in [0.1, 0.15) is 0 Å². The number of alkyl halides is 3. The van der Waals surface area contributed by atoms with Crippen molar-refractivity contribution in [2.24, 2.45) is 0 Å². The number of hydrogen-bond acceptors (Lipinski definition) is 2. The number of nitrogens with zero attached hydrogens (tertiary/aromatic N) is 3. The number of hydrogen-bond donors (Lipinski definition) is 0. The van der Waals surface area contributed by atoms with Gasteiger partial charge >= 0.3 is 6.18 Å². The SMILES string of the molecule is O=C(Cn1ccc2ccccc21)N1CCN(CC(F)(F)F)CC1. The van der Waals surface area contributed by atoms with E-state index in [9.17, 15) is 18.0 Å². The molecule has 0 N–H and O–H groups in total. The number of amides is 1. The molecule has 0 saturated carbocycles. The van der Waals surface area contributed by atoms with Crippen molar-refractivity contribution in [1.29, 1.82) is 0 Å². The van der Waals surface area contributed by atoms with Gasteiger partial charge in [-0.25, -0.2) is 0 Å². The van der Waals surface area contributed by atoms with Gasteiger partial charge in [0.25, 0.3) is 0 Å². The number of fused-ring (bicyclic) bond motifs is 1. The summed E-state index contributed by atoms with van der Waals surface area (Å²) in [6.07, 6.45) is -2.32. The van der Waals surface area contributed by atoms with Crippen LogP contribution in [-0.2, 0) is 11.3 Å². The summed E-state index contributed by atoms with van der Waals surface area (Å²) >= 11 is 0. The van der Waals surface area contributed by atoms with E-state index in [-0.39, 0.29) is 25.5 Å². The van der Waals surface area contributed by atoms with Gasteiger partial charge in [0.2, 0.25) is 5.91 Å². The summed E-state index contributed by atoms with van der Waals surface area (Å²) in [5.74, 6) is -0.0574. The zero-order valence-electron chi connectivity index (χ0n) is 12.6. The van der Waals surface area contributed by atoms with Crippen molar-refractivity contribution in [1.82, 2.24) is 14.4 Å². The zero-order chi connectivity index (χ0) is 16.4. The van der Waals surface area contributed by atoms with Crippen molar-refractivity contribution in [3.8, 4) is 0 Å². The van der Waals surface area contributed by atoms with E-state index in [0.717, 1.165) is 10.9 Å². The van der Waals surface area contributed by atoms with Crippen LogP contribution in [0.15, 0.2) is 36.5 Å². The highest BCUT2D eigenvalue weighted by atomic mass is 19.4. The lowest BCUT2D eigenvalue weighted by atomic mass is 10.2. The molecule has 0 atom stereocenters. The minimum absolute atomic E-state index is 0.0574. The van der Waals surface area contributed by atoms with E-state index in [1.54, 1.807) is 4.90 Å². The van der Waals surface area contributed by atoms with Gasteiger partial charge in [0, 0.05) is 37.9 Å². The Labute approximate surface area is 132 Å². The summed E-state index contributed by atoms with van der Waals surface area (Å²) in [5.41, 5.74) is 0.983. The third kappa shape index (κ3) is 3.85. The van der Waals surface area contributed by atoms with Crippen LogP contribution in [0.4, 0.5) is 13.2 Å². The Morgan fingerprint density at radius 3 is 2.43 bits per heavy atom. The number of carbonyl (C=O) groups is 1. The maximum absolute atomic E-state index is 12.4. The Balaban J connectivity index is 1.58. The standard InChI is InChI=1S/C16H18F3N3O/c17-16(18,19)12-20-7-9-21(10-8-20)15(23)11-22-6-5-13-3-1-2-4-14(13)22/h1-6H,7-12H2. The molecule has 1 aromatic carbocycles. The van der Waals surface area contributed by atoms with Crippen LogP contribution in [-0.4, -0.2) is 59.2 Å². The Hall–Kier alpha value is -2.02. The third-order valence-electron chi connectivity index (χ3n) is 4.11. The number of benzene rings is 1. The molecule has 1 aromatic heterocycles. The number of rotatable bonds is 3. The van der Waals surface area contributed by atoms with E-state index < -0.39 is 12.7 Å². The topological polar surface area (TPSA) is 28.5 Å². The number of carbonyl (C=O) groups excluding carboxylic acids is 1. The van der Waals surface area contributed by atoms with Gasteiger partial charge in [-0.15, -0.1) is 0 Å². The fourth-order valence-electron chi connectivity index (χ4n) is 2.93. The summed E-state index contributed by atoms with van der Waals surface area (Å²) in [4.78, 5) is 15.3. The second-order valence-corrected chi connectivity index (χ2v) is 5.77. The molecular weight excluding hydrogens is 307 g/mol. The van der Waals surface area contributed by atoms with Crippen LogP contribution in [0.5, 0.6) is 0 Å². The van der Waals surface area contributed by atoms with Crippen molar-refractivity contribution in [3.05, 3.63) is 36.5 Å². The van der Waals surface area contributed by atoms with Gasteiger partial charge in [-0.2, -0.15) is 13.2 Å². The van der Waals surface area contributed by atoms with Gasteiger partial charge in [0.05, 0.1) is 6.54 Å². The molecule has 0 unspecified atom stereocenters. The zero-order valence-corrected chi connectivity index (χ0v) is 12.6. The fourth-order valence-corrected chi connectivity index (χ4v) is 2.93. The maximum Gasteiger partial charge on any atom is 0.401 e. The van der Waals surface area contributed by atoms with Crippen molar-refractivity contribution in [2.45, 2.75) is 12.7 Å². The normalized spacial score (nSPS) is 16.9. The van der Waals surface area contributed by atoms with Gasteiger partial charge in [-0.1, -0.05) is 18.2 Å². The first-order chi connectivity index (χ1) is 10.9. The fraction of sp³-hybridized carbons (Fsp3) is 0.438. The Morgan fingerprint density at radius 1 is 1.04 bits per heavy atom. The summed E-state index contributed by atoms with van der Waals surface area (Å²) in [5, 5.41) is 1.07. The summed E-state index contributed by atoms with van der Waals surface area (Å²) in [7, 11) is 0. The predicted molar refractivity (Wildman–Crippen MR) is 81.0 cm³/mol. The van der Waals surface area contributed by atoms with E-state index in [1.165, 1.54) is 4.90 Å². The molecular formula is C16H18F3N3O.